The molecule has 1 aromatic carbocycles. The molecule has 0 spiro atoms. The van der Waals surface area contributed by atoms with Crippen LogP contribution in [0.25, 0.3) is 11.0 Å². The molecule has 1 aliphatic rings. The van der Waals surface area contributed by atoms with Crippen molar-refractivity contribution in [1.82, 2.24) is 20.2 Å². The number of carbonyl (C=O) groups excluding carboxylic acids is 1. The highest BCUT2D eigenvalue weighted by molar-refractivity contribution is 5.79. The first kappa shape index (κ1) is 16.8. The Bertz CT molecular complexity index is 823. The fourth-order valence-corrected chi connectivity index (χ4v) is 3.61. The van der Waals surface area contributed by atoms with Crippen molar-refractivity contribution in [2.24, 2.45) is 5.92 Å². The van der Waals surface area contributed by atoms with Gasteiger partial charge in [-0.15, -0.1) is 0 Å². The van der Waals surface area contributed by atoms with Gasteiger partial charge in [-0.05, 0) is 43.7 Å². The molecule has 6 nitrogen and oxygen atoms in total. The van der Waals surface area contributed by atoms with Crippen LogP contribution in [0.5, 0.6) is 0 Å². The number of rotatable bonds is 6. The minimum atomic E-state index is 0.0504. The van der Waals surface area contributed by atoms with Gasteiger partial charge in [0, 0.05) is 19.5 Å². The summed E-state index contributed by atoms with van der Waals surface area (Å²) in [6.45, 7) is 3.18. The van der Waals surface area contributed by atoms with E-state index in [1.165, 1.54) is 0 Å². The molecule has 2 aromatic heterocycles. The van der Waals surface area contributed by atoms with Crippen LogP contribution in [0.2, 0.25) is 0 Å². The third-order valence-corrected chi connectivity index (χ3v) is 4.94. The average Bonchev–Trinajstić information content (AvgIpc) is 3.31. The summed E-state index contributed by atoms with van der Waals surface area (Å²) in [6.07, 6.45) is 4.40. The molecule has 3 aromatic rings. The molecule has 0 radical (unpaired) electrons. The van der Waals surface area contributed by atoms with Crippen molar-refractivity contribution in [1.29, 1.82) is 0 Å². The Labute approximate surface area is 152 Å². The smallest absolute Gasteiger partial charge is 0.224 e. The molecule has 4 rings (SSSR count). The van der Waals surface area contributed by atoms with Crippen LogP contribution in [-0.4, -0.2) is 40.4 Å². The summed E-state index contributed by atoms with van der Waals surface area (Å²) in [7, 11) is 0. The topological polar surface area (TPSA) is 74.2 Å². The lowest BCUT2D eigenvalue weighted by atomic mass is 9.97. The van der Waals surface area contributed by atoms with Gasteiger partial charge in [0.15, 0.2) is 0 Å². The molecule has 0 saturated carbocycles. The van der Waals surface area contributed by atoms with Crippen LogP contribution >= 0.6 is 0 Å². The first-order valence-corrected chi connectivity index (χ1v) is 9.24. The number of piperidine rings is 1. The Hall–Kier alpha value is -2.60. The monoisotopic (exact) mass is 352 g/mol. The highest BCUT2D eigenvalue weighted by Gasteiger charge is 2.26. The second-order valence-electron chi connectivity index (χ2n) is 6.90. The lowest BCUT2D eigenvalue weighted by Gasteiger charge is -2.31. The largest absolute Gasteiger partial charge is 0.468 e. The second kappa shape index (κ2) is 7.74. The summed E-state index contributed by atoms with van der Waals surface area (Å²) in [5, 5.41) is 3.08. The Kier molecular flexibility index (Phi) is 5.02. The number of carbonyl (C=O) groups is 1. The van der Waals surface area contributed by atoms with Crippen molar-refractivity contribution in [3.05, 3.63) is 54.2 Å². The van der Waals surface area contributed by atoms with Gasteiger partial charge in [0.1, 0.15) is 11.6 Å². The van der Waals surface area contributed by atoms with Crippen molar-refractivity contribution in [2.45, 2.75) is 25.8 Å². The van der Waals surface area contributed by atoms with Crippen LogP contribution in [0.3, 0.4) is 0 Å². The lowest BCUT2D eigenvalue weighted by molar-refractivity contribution is -0.126. The van der Waals surface area contributed by atoms with Crippen molar-refractivity contribution in [2.75, 3.05) is 19.6 Å². The van der Waals surface area contributed by atoms with Crippen LogP contribution in [0, 0.1) is 5.92 Å². The molecule has 1 saturated heterocycles. The number of aromatic amines is 1. The van der Waals surface area contributed by atoms with Gasteiger partial charge >= 0.3 is 0 Å². The van der Waals surface area contributed by atoms with E-state index < -0.39 is 0 Å². The molecule has 2 N–H and O–H groups in total. The second-order valence-corrected chi connectivity index (χ2v) is 6.90. The lowest BCUT2D eigenvalue weighted by Crippen LogP contribution is -2.43. The Morgan fingerprint density at radius 3 is 3.08 bits per heavy atom. The van der Waals surface area contributed by atoms with E-state index >= 15 is 0 Å². The van der Waals surface area contributed by atoms with Crippen molar-refractivity contribution >= 4 is 16.9 Å². The van der Waals surface area contributed by atoms with E-state index in [-0.39, 0.29) is 11.8 Å². The highest BCUT2D eigenvalue weighted by Crippen LogP contribution is 2.19. The Balaban J connectivity index is 1.26. The van der Waals surface area contributed by atoms with Gasteiger partial charge < -0.3 is 14.7 Å². The molecule has 1 atom stereocenters. The van der Waals surface area contributed by atoms with E-state index in [9.17, 15) is 4.79 Å². The zero-order valence-corrected chi connectivity index (χ0v) is 14.8. The zero-order chi connectivity index (χ0) is 17.8. The predicted molar refractivity (Wildman–Crippen MR) is 99.5 cm³/mol. The highest BCUT2D eigenvalue weighted by atomic mass is 16.3. The third-order valence-electron chi connectivity index (χ3n) is 4.94. The molecule has 0 aliphatic carbocycles. The maximum absolute atomic E-state index is 12.5. The van der Waals surface area contributed by atoms with Crippen LogP contribution < -0.4 is 5.32 Å². The number of H-pyrrole nitrogens is 1. The predicted octanol–water partition coefficient (Wildman–Crippen LogP) is 2.73. The van der Waals surface area contributed by atoms with Gasteiger partial charge in [-0.3, -0.25) is 9.69 Å². The molecule has 26 heavy (non-hydrogen) atoms. The summed E-state index contributed by atoms with van der Waals surface area (Å²) >= 11 is 0. The summed E-state index contributed by atoms with van der Waals surface area (Å²) in [4.78, 5) is 22.7. The summed E-state index contributed by atoms with van der Waals surface area (Å²) in [6, 6.07) is 11.9. The number of nitrogens with zero attached hydrogens (tertiary/aromatic N) is 2. The third kappa shape index (κ3) is 3.96. The number of nitrogens with one attached hydrogen (secondary N) is 2. The Morgan fingerprint density at radius 1 is 1.31 bits per heavy atom. The summed E-state index contributed by atoms with van der Waals surface area (Å²) < 4.78 is 5.42. The molecular weight excluding hydrogens is 328 g/mol. The normalized spacial score (nSPS) is 18.2. The van der Waals surface area contributed by atoms with E-state index in [4.69, 9.17) is 4.42 Å². The van der Waals surface area contributed by atoms with Crippen LogP contribution in [0.4, 0.5) is 0 Å². The standard InChI is InChI=1S/C20H24N4O2/c25-20(15-5-3-11-24(13-15)14-16-6-4-12-26-16)21-10-9-19-22-17-7-1-2-8-18(17)23-19/h1-2,4,6-8,12,15H,3,5,9-11,13-14H2,(H,21,25)(H,22,23). The number of furan rings is 1. The minimum absolute atomic E-state index is 0.0504. The van der Waals surface area contributed by atoms with Gasteiger partial charge in [0.25, 0.3) is 0 Å². The maximum atomic E-state index is 12.5. The van der Waals surface area contributed by atoms with Gasteiger partial charge in [0.2, 0.25) is 5.91 Å². The first-order valence-electron chi connectivity index (χ1n) is 9.24. The van der Waals surface area contributed by atoms with Crippen LogP contribution in [0.15, 0.2) is 47.1 Å². The average molecular weight is 352 g/mol. The molecule has 136 valence electrons. The van der Waals surface area contributed by atoms with Crippen molar-refractivity contribution in [3.63, 3.8) is 0 Å². The number of hydrogen-bond donors (Lipinski definition) is 2. The molecule has 1 fully saturated rings. The molecule has 1 amide bonds. The number of likely N-dealkylation sites (tertiary alicyclic amines) is 1. The Morgan fingerprint density at radius 2 is 2.23 bits per heavy atom. The SMILES string of the molecule is O=C(NCCc1nc2ccccc2[nH]1)C1CCCN(Cc2ccco2)C1. The number of amides is 1. The van der Waals surface area contributed by atoms with Gasteiger partial charge in [-0.25, -0.2) is 4.98 Å². The fourth-order valence-electron chi connectivity index (χ4n) is 3.61. The van der Waals surface area contributed by atoms with Crippen LogP contribution in [-0.2, 0) is 17.8 Å². The van der Waals surface area contributed by atoms with E-state index in [0.29, 0.717) is 13.0 Å². The van der Waals surface area contributed by atoms with Gasteiger partial charge in [-0.1, -0.05) is 12.1 Å². The summed E-state index contributed by atoms with van der Waals surface area (Å²) in [5.74, 6) is 2.06. The van der Waals surface area contributed by atoms with Crippen molar-refractivity contribution < 1.29 is 9.21 Å². The number of benzene rings is 1. The molecular formula is C20H24N4O2. The minimum Gasteiger partial charge on any atom is -0.468 e. The van der Waals surface area contributed by atoms with Gasteiger partial charge in [-0.2, -0.15) is 0 Å². The van der Waals surface area contributed by atoms with E-state index in [0.717, 1.165) is 55.1 Å². The summed E-state index contributed by atoms with van der Waals surface area (Å²) in [5.41, 5.74) is 2.00. The van der Waals surface area contributed by atoms with E-state index in [1.54, 1.807) is 6.26 Å². The number of para-hydroxylation sites is 2. The van der Waals surface area contributed by atoms with E-state index in [2.05, 4.69) is 20.2 Å². The molecule has 1 aliphatic heterocycles. The molecule has 6 heteroatoms. The maximum Gasteiger partial charge on any atom is 0.224 e. The number of imidazole rings is 1. The fraction of sp³-hybridized carbons (Fsp3) is 0.400. The van der Waals surface area contributed by atoms with Crippen molar-refractivity contribution in [3.8, 4) is 0 Å². The number of fused-ring (bicyclic) bond motifs is 1. The van der Waals surface area contributed by atoms with E-state index in [1.807, 2.05) is 36.4 Å². The zero-order valence-electron chi connectivity index (χ0n) is 14.8. The quantitative estimate of drug-likeness (QED) is 0.715. The van der Waals surface area contributed by atoms with Crippen LogP contribution in [0.1, 0.15) is 24.4 Å². The molecule has 1 unspecified atom stereocenters. The number of aromatic nitrogens is 2. The number of hydrogen-bond acceptors (Lipinski definition) is 4. The molecule has 0 bridgehead atoms. The first-order chi connectivity index (χ1) is 12.8. The molecule has 3 heterocycles. The van der Waals surface area contributed by atoms with Gasteiger partial charge in [0.05, 0.1) is 29.8 Å².